The highest BCUT2D eigenvalue weighted by molar-refractivity contribution is 6.29. The molecule has 2 aliphatic rings. The number of aryl methyl sites for hydroxylation is 2. The van der Waals surface area contributed by atoms with Gasteiger partial charge in [0, 0.05) is 23.6 Å². The lowest BCUT2D eigenvalue weighted by molar-refractivity contribution is -0.135. The molecule has 1 aromatic carbocycles. The van der Waals surface area contributed by atoms with E-state index >= 15 is 0 Å². The Morgan fingerprint density at radius 3 is 2.32 bits per heavy atom. The molecule has 2 saturated carbocycles. The number of halogens is 1. The van der Waals surface area contributed by atoms with Crippen LogP contribution < -0.4 is 0 Å². The van der Waals surface area contributed by atoms with Crippen LogP contribution in [0.15, 0.2) is 30.5 Å². The molecular formula is C21H20ClNO2. The Hall–Kier alpha value is -2.00. The SMILES string of the molecule is Cc1cc(Cl)ncc1-c1ccc(C)c(C2C(=O)[C@@H]3CC[C@@H](C3)C2=O)c1. The predicted molar refractivity (Wildman–Crippen MR) is 97.7 cm³/mol. The topological polar surface area (TPSA) is 47.0 Å². The molecule has 2 aromatic rings. The molecule has 25 heavy (non-hydrogen) atoms. The molecule has 0 saturated heterocycles. The predicted octanol–water partition coefficient (Wildman–Crippen LogP) is 4.67. The zero-order valence-electron chi connectivity index (χ0n) is 14.4. The summed E-state index contributed by atoms with van der Waals surface area (Å²) in [5, 5.41) is 0.461. The summed E-state index contributed by atoms with van der Waals surface area (Å²) >= 11 is 5.96. The smallest absolute Gasteiger partial charge is 0.150 e. The highest BCUT2D eigenvalue weighted by Crippen LogP contribution is 2.45. The number of carbonyl (C=O) groups excluding carboxylic acids is 2. The van der Waals surface area contributed by atoms with Gasteiger partial charge >= 0.3 is 0 Å². The molecule has 2 bridgehead atoms. The average molecular weight is 354 g/mol. The molecule has 0 amide bonds. The molecule has 0 aliphatic heterocycles. The Labute approximate surface area is 152 Å². The lowest BCUT2D eigenvalue weighted by atomic mass is 9.74. The van der Waals surface area contributed by atoms with Gasteiger partial charge in [-0.15, -0.1) is 0 Å². The van der Waals surface area contributed by atoms with Crippen LogP contribution in [-0.4, -0.2) is 16.6 Å². The zero-order chi connectivity index (χ0) is 17.7. The quantitative estimate of drug-likeness (QED) is 0.582. The van der Waals surface area contributed by atoms with Crippen molar-refractivity contribution in [3.8, 4) is 11.1 Å². The van der Waals surface area contributed by atoms with Crippen molar-refractivity contribution in [3.63, 3.8) is 0 Å². The second-order valence-electron chi connectivity index (χ2n) is 7.34. The maximum absolute atomic E-state index is 12.9. The van der Waals surface area contributed by atoms with Crippen molar-refractivity contribution in [2.45, 2.75) is 39.0 Å². The minimum absolute atomic E-state index is 0.0645. The number of pyridine rings is 1. The third kappa shape index (κ3) is 2.71. The summed E-state index contributed by atoms with van der Waals surface area (Å²) in [5.41, 5.74) is 4.83. The van der Waals surface area contributed by atoms with Gasteiger partial charge in [-0.05, 0) is 67.5 Å². The number of hydrogen-bond donors (Lipinski definition) is 0. The van der Waals surface area contributed by atoms with Crippen LogP contribution in [0.4, 0.5) is 0 Å². The van der Waals surface area contributed by atoms with Crippen LogP contribution in [0.25, 0.3) is 11.1 Å². The second kappa shape index (κ2) is 6.06. The van der Waals surface area contributed by atoms with E-state index < -0.39 is 5.92 Å². The van der Waals surface area contributed by atoms with Gasteiger partial charge in [0.25, 0.3) is 0 Å². The van der Waals surface area contributed by atoms with Gasteiger partial charge in [-0.25, -0.2) is 4.98 Å². The number of ketones is 2. The minimum Gasteiger partial charge on any atom is -0.298 e. The number of carbonyl (C=O) groups is 2. The van der Waals surface area contributed by atoms with Crippen molar-refractivity contribution in [2.24, 2.45) is 11.8 Å². The van der Waals surface area contributed by atoms with E-state index in [-0.39, 0.29) is 23.4 Å². The molecule has 1 aromatic heterocycles. The summed E-state index contributed by atoms with van der Waals surface area (Å²) in [4.78, 5) is 29.9. The first-order valence-corrected chi connectivity index (χ1v) is 9.14. The fourth-order valence-corrected chi connectivity index (χ4v) is 4.57. The van der Waals surface area contributed by atoms with E-state index in [9.17, 15) is 9.59 Å². The highest BCUT2D eigenvalue weighted by atomic mass is 35.5. The highest BCUT2D eigenvalue weighted by Gasteiger charge is 2.47. The third-order valence-corrected chi connectivity index (χ3v) is 5.99. The van der Waals surface area contributed by atoms with Crippen molar-refractivity contribution in [1.29, 1.82) is 0 Å². The largest absolute Gasteiger partial charge is 0.298 e. The van der Waals surface area contributed by atoms with Crippen LogP contribution in [0.2, 0.25) is 5.15 Å². The summed E-state index contributed by atoms with van der Waals surface area (Å²) in [6.45, 7) is 3.96. The van der Waals surface area contributed by atoms with Gasteiger partial charge in [-0.2, -0.15) is 0 Å². The molecule has 3 nitrogen and oxygen atoms in total. The number of benzene rings is 1. The van der Waals surface area contributed by atoms with Gasteiger partial charge in [-0.3, -0.25) is 9.59 Å². The lowest BCUT2D eigenvalue weighted by Crippen LogP contribution is -2.35. The first kappa shape index (κ1) is 16.5. The molecule has 0 radical (unpaired) electrons. The van der Waals surface area contributed by atoms with Crippen LogP contribution in [-0.2, 0) is 9.59 Å². The first-order valence-electron chi connectivity index (χ1n) is 8.76. The average Bonchev–Trinajstić information content (AvgIpc) is 3.02. The Bertz CT molecular complexity index is 867. The Morgan fingerprint density at radius 1 is 1.00 bits per heavy atom. The summed E-state index contributed by atoms with van der Waals surface area (Å²) < 4.78 is 0. The van der Waals surface area contributed by atoms with Gasteiger partial charge in [0.15, 0.2) is 11.6 Å². The van der Waals surface area contributed by atoms with Crippen molar-refractivity contribution < 1.29 is 9.59 Å². The first-order chi connectivity index (χ1) is 12.0. The Kier molecular flexibility index (Phi) is 3.99. The molecule has 2 fully saturated rings. The van der Waals surface area contributed by atoms with Gasteiger partial charge in [0.1, 0.15) is 11.1 Å². The number of hydrogen-bond acceptors (Lipinski definition) is 3. The van der Waals surface area contributed by atoms with Gasteiger partial charge in [-0.1, -0.05) is 23.7 Å². The van der Waals surface area contributed by atoms with E-state index in [0.29, 0.717) is 5.15 Å². The molecule has 0 N–H and O–H groups in total. The molecule has 3 atom stereocenters. The zero-order valence-corrected chi connectivity index (χ0v) is 15.1. The van der Waals surface area contributed by atoms with E-state index in [0.717, 1.165) is 47.1 Å². The Morgan fingerprint density at radius 2 is 1.68 bits per heavy atom. The van der Waals surface area contributed by atoms with E-state index in [4.69, 9.17) is 11.6 Å². The van der Waals surface area contributed by atoms with Crippen molar-refractivity contribution in [3.05, 3.63) is 52.3 Å². The summed E-state index contributed by atoms with van der Waals surface area (Å²) in [6, 6.07) is 7.84. The van der Waals surface area contributed by atoms with Gasteiger partial charge in [0.05, 0.1) is 0 Å². The third-order valence-electron chi connectivity index (χ3n) is 5.79. The monoisotopic (exact) mass is 353 g/mol. The van der Waals surface area contributed by atoms with E-state index in [1.54, 1.807) is 6.20 Å². The number of fused-ring (bicyclic) bond motifs is 2. The minimum atomic E-state index is -0.591. The van der Waals surface area contributed by atoms with Crippen LogP contribution in [0.5, 0.6) is 0 Å². The summed E-state index contributed by atoms with van der Waals surface area (Å²) in [5.74, 6) is -0.231. The normalized spacial score (nSPS) is 25.5. The van der Waals surface area contributed by atoms with Crippen LogP contribution in [0, 0.1) is 25.7 Å². The van der Waals surface area contributed by atoms with E-state index in [2.05, 4.69) is 4.98 Å². The van der Waals surface area contributed by atoms with Gasteiger partial charge < -0.3 is 0 Å². The number of Topliss-reactive ketones (excluding diaryl/α,β-unsaturated/α-hetero) is 2. The maximum Gasteiger partial charge on any atom is 0.150 e. The maximum atomic E-state index is 12.9. The van der Waals surface area contributed by atoms with Crippen molar-refractivity contribution >= 4 is 23.2 Å². The van der Waals surface area contributed by atoms with E-state index in [1.165, 1.54) is 0 Å². The molecule has 128 valence electrons. The molecular weight excluding hydrogens is 334 g/mol. The molecule has 0 spiro atoms. The van der Waals surface area contributed by atoms with Crippen LogP contribution >= 0.6 is 11.6 Å². The molecule has 1 unspecified atom stereocenters. The van der Waals surface area contributed by atoms with Gasteiger partial charge in [0.2, 0.25) is 0 Å². The molecule has 1 heterocycles. The second-order valence-corrected chi connectivity index (χ2v) is 7.73. The summed E-state index contributed by atoms with van der Waals surface area (Å²) in [7, 11) is 0. The number of rotatable bonds is 2. The van der Waals surface area contributed by atoms with E-state index in [1.807, 2.05) is 38.1 Å². The number of nitrogens with zero attached hydrogens (tertiary/aromatic N) is 1. The fraction of sp³-hybridized carbons (Fsp3) is 0.381. The molecule has 4 heteroatoms. The van der Waals surface area contributed by atoms with Crippen LogP contribution in [0.1, 0.15) is 41.9 Å². The standard InChI is InChI=1S/C21H20ClNO2/c1-11-3-4-13(17-10-23-18(22)7-12(17)2)9-16(11)19-20(24)14-5-6-15(8-14)21(19)25/h3-4,7,9-10,14-15,19H,5-6,8H2,1-2H3/t14-,15+,19?. The van der Waals surface area contributed by atoms with Crippen molar-refractivity contribution in [1.82, 2.24) is 4.98 Å². The Balaban J connectivity index is 1.80. The lowest BCUT2D eigenvalue weighted by Gasteiger charge is -2.27. The molecule has 2 aliphatic carbocycles. The fourth-order valence-electron chi connectivity index (χ4n) is 4.36. The summed E-state index contributed by atoms with van der Waals surface area (Å²) in [6.07, 6.45) is 4.24. The number of aromatic nitrogens is 1. The molecule has 4 rings (SSSR count). The van der Waals surface area contributed by atoms with Crippen LogP contribution in [0.3, 0.4) is 0 Å². The van der Waals surface area contributed by atoms with Crippen molar-refractivity contribution in [2.75, 3.05) is 0 Å².